The number of nitrogens with zero attached hydrogens (tertiary/aromatic N) is 2. The third kappa shape index (κ3) is 1.98. The Bertz CT molecular complexity index is 468. The normalized spacial score (nSPS) is 28.1. The Labute approximate surface area is 107 Å². The van der Waals surface area contributed by atoms with Crippen molar-refractivity contribution in [1.29, 1.82) is 0 Å². The van der Waals surface area contributed by atoms with E-state index in [0.29, 0.717) is 4.99 Å². The van der Waals surface area contributed by atoms with E-state index in [2.05, 4.69) is 5.10 Å². The van der Waals surface area contributed by atoms with Gasteiger partial charge in [-0.1, -0.05) is 49.5 Å². The van der Waals surface area contributed by atoms with E-state index in [9.17, 15) is 5.11 Å². The summed E-state index contributed by atoms with van der Waals surface area (Å²) in [5.74, 6) is -0.0239. The monoisotopic (exact) mass is 248 g/mol. The second-order valence-corrected chi connectivity index (χ2v) is 4.93. The molecule has 90 valence electrons. The molecule has 1 aliphatic rings. The minimum absolute atomic E-state index is 0.0239. The summed E-state index contributed by atoms with van der Waals surface area (Å²) in [7, 11) is 0. The first kappa shape index (κ1) is 12.2. The van der Waals surface area contributed by atoms with Crippen molar-refractivity contribution in [1.82, 2.24) is 5.01 Å². The molecule has 2 rings (SSSR count). The number of hydrogen-bond acceptors (Lipinski definition) is 3. The molecule has 0 saturated carbocycles. The van der Waals surface area contributed by atoms with Gasteiger partial charge in [0.1, 0.15) is 4.99 Å². The van der Waals surface area contributed by atoms with Gasteiger partial charge in [0.05, 0.1) is 0 Å². The van der Waals surface area contributed by atoms with Crippen molar-refractivity contribution in [2.45, 2.75) is 26.5 Å². The smallest absolute Gasteiger partial charge is 0.164 e. The molecule has 1 heterocycles. The lowest BCUT2D eigenvalue weighted by molar-refractivity contribution is -0.0592. The SMILES string of the molecule is CC1=NN(C(=S)c2ccccc2)[C@@](C)(O)[C@H]1C. The van der Waals surface area contributed by atoms with Crippen LogP contribution in [0.15, 0.2) is 35.4 Å². The molecular weight excluding hydrogens is 232 g/mol. The van der Waals surface area contributed by atoms with E-state index in [1.54, 1.807) is 6.92 Å². The summed E-state index contributed by atoms with van der Waals surface area (Å²) in [4.78, 5) is 0.555. The number of aliphatic hydroxyl groups is 1. The zero-order valence-electron chi connectivity index (χ0n) is 10.2. The van der Waals surface area contributed by atoms with Crippen molar-refractivity contribution in [2.75, 3.05) is 0 Å². The molecule has 0 spiro atoms. The Morgan fingerprint density at radius 2 is 2.00 bits per heavy atom. The average Bonchev–Trinajstić information content (AvgIpc) is 2.53. The summed E-state index contributed by atoms with van der Waals surface area (Å²) >= 11 is 5.39. The summed E-state index contributed by atoms with van der Waals surface area (Å²) in [6.45, 7) is 5.60. The van der Waals surface area contributed by atoms with Crippen LogP contribution in [0.3, 0.4) is 0 Å². The highest BCUT2D eigenvalue weighted by Crippen LogP contribution is 2.31. The van der Waals surface area contributed by atoms with Crippen molar-refractivity contribution in [2.24, 2.45) is 11.0 Å². The molecule has 0 amide bonds. The van der Waals surface area contributed by atoms with Crippen LogP contribution in [0, 0.1) is 5.92 Å². The number of thiocarbonyl (C=S) groups is 1. The highest BCUT2D eigenvalue weighted by atomic mass is 32.1. The second-order valence-electron chi connectivity index (χ2n) is 4.54. The molecule has 1 aromatic carbocycles. The van der Waals surface area contributed by atoms with Gasteiger partial charge in [0.15, 0.2) is 5.72 Å². The van der Waals surface area contributed by atoms with Gasteiger partial charge in [-0.05, 0) is 13.8 Å². The fourth-order valence-corrected chi connectivity index (χ4v) is 2.24. The molecule has 0 bridgehead atoms. The molecule has 0 saturated heterocycles. The Morgan fingerprint density at radius 1 is 1.41 bits per heavy atom. The van der Waals surface area contributed by atoms with E-state index in [-0.39, 0.29) is 5.92 Å². The van der Waals surface area contributed by atoms with Crippen molar-refractivity contribution >= 4 is 22.9 Å². The number of hydrogen-bond donors (Lipinski definition) is 1. The van der Waals surface area contributed by atoms with E-state index >= 15 is 0 Å². The quantitative estimate of drug-likeness (QED) is 0.775. The molecule has 0 aliphatic carbocycles. The molecule has 2 atom stereocenters. The average molecular weight is 248 g/mol. The molecule has 0 fully saturated rings. The van der Waals surface area contributed by atoms with Crippen molar-refractivity contribution in [3.8, 4) is 0 Å². The van der Waals surface area contributed by atoms with Gasteiger partial charge in [0.25, 0.3) is 0 Å². The Balaban J connectivity index is 2.34. The largest absolute Gasteiger partial charge is 0.369 e. The maximum absolute atomic E-state index is 10.4. The van der Waals surface area contributed by atoms with Crippen LogP contribution in [0.1, 0.15) is 26.3 Å². The molecule has 3 nitrogen and oxygen atoms in total. The van der Waals surface area contributed by atoms with Crippen LogP contribution in [0.2, 0.25) is 0 Å². The fourth-order valence-electron chi connectivity index (χ4n) is 1.88. The van der Waals surface area contributed by atoms with Gasteiger partial charge in [-0.2, -0.15) is 5.10 Å². The van der Waals surface area contributed by atoms with Gasteiger partial charge in [-0.3, -0.25) is 0 Å². The first-order chi connectivity index (χ1) is 7.94. The molecule has 1 N–H and O–H groups in total. The molecule has 0 unspecified atom stereocenters. The standard InChI is InChI=1S/C13H16N2OS/c1-9-10(2)14-15(13(9,3)16)12(17)11-7-5-4-6-8-11/h4-9,16H,1-3H3/t9-,13-/m0/s1. The molecule has 4 heteroatoms. The van der Waals surface area contributed by atoms with Gasteiger partial charge in [0, 0.05) is 17.2 Å². The molecule has 0 radical (unpaired) electrons. The topological polar surface area (TPSA) is 35.8 Å². The van der Waals surface area contributed by atoms with E-state index in [0.717, 1.165) is 11.3 Å². The van der Waals surface area contributed by atoms with Gasteiger partial charge < -0.3 is 5.11 Å². The molecule has 1 aromatic rings. The van der Waals surface area contributed by atoms with E-state index in [1.165, 1.54) is 5.01 Å². The van der Waals surface area contributed by atoms with E-state index in [4.69, 9.17) is 12.2 Å². The second kappa shape index (κ2) is 4.20. The van der Waals surface area contributed by atoms with Crippen molar-refractivity contribution < 1.29 is 5.11 Å². The molecule has 1 aliphatic heterocycles. The zero-order valence-corrected chi connectivity index (χ0v) is 11.0. The minimum atomic E-state index is -1.04. The summed E-state index contributed by atoms with van der Waals surface area (Å²) in [6, 6.07) is 9.63. The highest BCUT2D eigenvalue weighted by molar-refractivity contribution is 7.80. The van der Waals surface area contributed by atoms with Crippen LogP contribution in [0.5, 0.6) is 0 Å². The Kier molecular flexibility index (Phi) is 3.02. The lowest BCUT2D eigenvalue weighted by Gasteiger charge is -2.32. The maximum atomic E-state index is 10.4. The predicted octanol–water partition coefficient (Wildman–Crippen LogP) is 2.40. The van der Waals surface area contributed by atoms with Crippen LogP contribution < -0.4 is 0 Å². The summed E-state index contributed by atoms with van der Waals surface area (Å²) in [5.41, 5.74) is 0.749. The van der Waals surface area contributed by atoms with E-state index in [1.807, 2.05) is 44.2 Å². The zero-order chi connectivity index (χ0) is 12.6. The van der Waals surface area contributed by atoms with Crippen molar-refractivity contribution in [3.63, 3.8) is 0 Å². The van der Waals surface area contributed by atoms with Crippen LogP contribution in [0.4, 0.5) is 0 Å². The van der Waals surface area contributed by atoms with E-state index < -0.39 is 5.72 Å². The molecule has 17 heavy (non-hydrogen) atoms. The number of benzene rings is 1. The number of hydrazone groups is 1. The fraction of sp³-hybridized carbons (Fsp3) is 0.385. The number of rotatable bonds is 1. The summed E-state index contributed by atoms with van der Waals surface area (Å²) in [6.07, 6.45) is 0. The van der Waals surface area contributed by atoms with Crippen molar-refractivity contribution in [3.05, 3.63) is 35.9 Å². The third-order valence-corrected chi connectivity index (χ3v) is 3.76. The molecule has 0 aromatic heterocycles. The van der Waals surface area contributed by atoms with Gasteiger partial charge in [0.2, 0.25) is 0 Å². The first-order valence-electron chi connectivity index (χ1n) is 5.61. The summed E-state index contributed by atoms with van der Waals surface area (Å²) < 4.78 is 0. The van der Waals surface area contributed by atoms with Gasteiger partial charge in [-0.15, -0.1) is 0 Å². The minimum Gasteiger partial charge on any atom is -0.369 e. The predicted molar refractivity (Wildman–Crippen MR) is 72.9 cm³/mol. The maximum Gasteiger partial charge on any atom is 0.164 e. The van der Waals surface area contributed by atoms with Gasteiger partial charge in [-0.25, -0.2) is 5.01 Å². The van der Waals surface area contributed by atoms with Crippen LogP contribution in [-0.4, -0.2) is 26.5 Å². The first-order valence-corrected chi connectivity index (χ1v) is 6.02. The molecular formula is C13H16N2OS. The lowest BCUT2D eigenvalue weighted by atomic mass is 9.96. The summed E-state index contributed by atoms with van der Waals surface area (Å²) in [5, 5.41) is 16.3. The third-order valence-electron chi connectivity index (χ3n) is 3.35. The highest BCUT2D eigenvalue weighted by Gasteiger charge is 2.43. The lowest BCUT2D eigenvalue weighted by Crippen LogP contribution is -2.47. The Hall–Kier alpha value is -1.26. The Morgan fingerprint density at radius 3 is 2.47 bits per heavy atom. The van der Waals surface area contributed by atoms with Crippen LogP contribution in [-0.2, 0) is 0 Å². The van der Waals surface area contributed by atoms with Gasteiger partial charge >= 0.3 is 0 Å². The van der Waals surface area contributed by atoms with Crippen LogP contribution >= 0.6 is 12.2 Å². The van der Waals surface area contributed by atoms with Crippen LogP contribution in [0.25, 0.3) is 0 Å².